The predicted molar refractivity (Wildman–Crippen MR) is 69.7 cm³/mol. The summed E-state index contributed by atoms with van der Waals surface area (Å²) in [5.74, 6) is 1.06. The minimum atomic E-state index is 0.210. The average molecular weight is 236 g/mol. The zero-order valence-electron chi connectivity index (χ0n) is 11.5. The van der Waals surface area contributed by atoms with E-state index in [0.29, 0.717) is 12.3 Å². The van der Waals surface area contributed by atoms with Gasteiger partial charge in [0.15, 0.2) is 0 Å². The van der Waals surface area contributed by atoms with Crippen LogP contribution in [-0.4, -0.2) is 12.1 Å². The molecule has 0 N–H and O–H groups in total. The van der Waals surface area contributed by atoms with Crippen LogP contribution in [0.2, 0.25) is 0 Å². The SMILES string of the molecule is CC(=O)CCC=C(C)CCC1C(C=O)C1(C)C. The molecule has 2 heteroatoms. The van der Waals surface area contributed by atoms with Gasteiger partial charge in [0, 0.05) is 12.3 Å². The first kappa shape index (κ1) is 14.1. The summed E-state index contributed by atoms with van der Waals surface area (Å²) in [5, 5.41) is 0. The molecule has 0 saturated heterocycles. The van der Waals surface area contributed by atoms with Gasteiger partial charge in [0.05, 0.1) is 0 Å². The average Bonchev–Trinajstić information content (AvgIpc) is 2.75. The molecule has 0 bridgehead atoms. The number of rotatable bonds is 7. The molecule has 1 fully saturated rings. The Hall–Kier alpha value is -0.920. The van der Waals surface area contributed by atoms with Gasteiger partial charge in [0.25, 0.3) is 0 Å². The first-order valence-electron chi connectivity index (χ1n) is 6.50. The summed E-state index contributed by atoms with van der Waals surface area (Å²) < 4.78 is 0. The van der Waals surface area contributed by atoms with Crippen molar-refractivity contribution in [2.45, 2.75) is 53.4 Å². The predicted octanol–water partition coefficient (Wildman–Crippen LogP) is 3.55. The largest absolute Gasteiger partial charge is 0.303 e. The lowest BCUT2D eigenvalue weighted by molar-refractivity contribution is -0.117. The summed E-state index contributed by atoms with van der Waals surface area (Å²) in [5.41, 5.74) is 1.56. The van der Waals surface area contributed by atoms with Gasteiger partial charge in [-0.25, -0.2) is 0 Å². The zero-order chi connectivity index (χ0) is 13.1. The van der Waals surface area contributed by atoms with Crippen molar-refractivity contribution in [2.24, 2.45) is 17.3 Å². The molecular weight excluding hydrogens is 212 g/mol. The molecule has 1 saturated carbocycles. The highest BCUT2D eigenvalue weighted by molar-refractivity contribution is 5.75. The molecule has 2 atom stereocenters. The van der Waals surface area contributed by atoms with Gasteiger partial charge in [-0.1, -0.05) is 25.5 Å². The maximum Gasteiger partial charge on any atom is 0.130 e. The molecule has 2 nitrogen and oxygen atoms in total. The van der Waals surface area contributed by atoms with Crippen LogP contribution in [0.5, 0.6) is 0 Å². The van der Waals surface area contributed by atoms with E-state index in [1.54, 1.807) is 6.92 Å². The number of carbonyl (C=O) groups excluding carboxylic acids is 2. The molecule has 1 aliphatic rings. The van der Waals surface area contributed by atoms with Crippen molar-refractivity contribution in [3.05, 3.63) is 11.6 Å². The molecule has 2 unspecified atom stereocenters. The monoisotopic (exact) mass is 236 g/mol. The van der Waals surface area contributed by atoms with Gasteiger partial charge in [-0.15, -0.1) is 0 Å². The lowest BCUT2D eigenvalue weighted by Gasteiger charge is -2.03. The third-order valence-corrected chi connectivity index (χ3v) is 4.12. The fourth-order valence-electron chi connectivity index (χ4n) is 2.62. The lowest BCUT2D eigenvalue weighted by Crippen LogP contribution is -1.92. The molecule has 0 spiro atoms. The second kappa shape index (κ2) is 5.61. The van der Waals surface area contributed by atoms with Crippen LogP contribution in [-0.2, 0) is 9.59 Å². The van der Waals surface area contributed by atoms with Gasteiger partial charge in [-0.3, -0.25) is 0 Å². The van der Waals surface area contributed by atoms with Crippen LogP contribution in [0.15, 0.2) is 11.6 Å². The molecule has 0 heterocycles. The number of carbonyl (C=O) groups is 2. The van der Waals surface area contributed by atoms with Crippen LogP contribution in [0, 0.1) is 17.3 Å². The summed E-state index contributed by atoms with van der Waals surface area (Å²) >= 11 is 0. The number of ketones is 1. The van der Waals surface area contributed by atoms with Gasteiger partial charge in [-0.05, 0) is 44.4 Å². The third-order valence-electron chi connectivity index (χ3n) is 4.12. The summed E-state index contributed by atoms with van der Waals surface area (Å²) in [6, 6.07) is 0. The standard InChI is InChI=1S/C15H24O2/c1-11(6-5-7-12(2)17)8-9-13-14(10-16)15(13,3)4/h6,10,13-14H,5,7-9H2,1-4H3. The van der Waals surface area contributed by atoms with E-state index in [-0.39, 0.29) is 17.1 Å². The zero-order valence-corrected chi connectivity index (χ0v) is 11.5. The molecular formula is C15H24O2. The van der Waals surface area contributed by atoms with Crippen LogP contribution >= 0.6 is 0 Å². The molecule has 0 aliphatic heterocycles. The van der Waals surface area contributed by atoms with Crippen LogP contribution in [0.1, 0.15) is 53.4 Å². The molecule has 0 aromatic rings. The Morgan fingerprint density at radius 3 is 2.35 bits per heavy atom. The van der Waals surface area contributed by atoms with Gasteiger partial charge < -0.3 is 9.59 Å². The third kappa shape index (κ3) is 3.79. The molecule has 0 aromatic carbocycles. The molecule has 1 rings (SSSR count). The van der Waals surface area contributed by atoms with Gasteiger partial charge in [-0.2, -0.15) is 0 Å². The molecule has 96 valence electrons. The van der Waals surface area contributed by atoms with E-state index in [1.807, 2.05) is 0 Å². The first-order valence-corrected chi connectivity index (χ1v) is 6.50. The Morgan fingerprint density at radius 1 is 1.24 bits per heavy atom. The molecule has 0 aromatic heterocycles. The summed E-state index contributed by atoms with van der Waals surface area (Å²) in [4.78, 5) is 21.6. The van der Waals surface area contributed by atoms with Crippen LogP contribution in [0.3, 0.4) is 0 Å². The van der Waals surface area contributed by atoms with Crippen LogP contribution < -0.4 is 0 Å². The molecule has 0 radical (unpaired) electrons. The van der Waals surface area contributed by atoms with E-state index >= 15 is 0 Å². The van der Waals surface area contributed by atoms with Crippen molar-refractivity contribution in [1.29, 1.82) is 0 Å². The minimum absolute atomic E-state index is 0.210. The van der Waals surface area contributed by atoms with Crippen LogP contribution in [0.25, 0.3) is 0 Å². The lowest BCUT2D eigenvalue weighted by atomic mass is 10.0. The quantitative estimate of drug-likeness (QED) is 0.500. The van der Waals surface area contributed by atoms with E-state index in [1.165, 1.54) is 5.57 Å². The van der Waals surface area contributed by atoms with E-state index in [2.05, 4.69) is 26.8 Å². The Kier molecular flexibility index (Phi) is 4.67. The fourth-order valence-corrected chi connectivity index (χ4v) is 2.62. The number of hydrogen-bond donors (Lipinski definition) is 0. The number of aldehydes is 1. The summed E-state index contributed by atoms with van der Waals surface area (Å²) in [6.45, 7) is 8.09. The van der Waals surface area contributed by atoms with Crippen molar-refractivity contribution in [2.75, 3.05) is 0 Å². The Labute approximate surface area is 104 Å². The van der Waals surface area contributed by atoms with Crippen molar-refractivity contribution >= 4 is 12.1 Å². The second-order valence-electron chi connectivity index (χ2n) is 5.92. The smallest absolute Gasteiger partial charge is 0.130 e. The van der Waals surface area contributed by atoms with E-state index in [0.717, 1.165) is 25.5 Å². The van der Waals surface area contributed by atoms with E-state index in [9.17, 15) is 9.59 Å². The van der Waals surface area contributed by atoms with Gasteiger partial charge >= 0.3 is 0 Å². The molecule has 1 aliphatic carbocycles. The molecule has 0 amide bonds. The number of allylic oxidation sites excluding steroid dienone is 2. The maximum absolute atomic E-state index is 10.8. The Morgan fingerprint density at radius 2 is 1.88 bits per heavy atom. The highest BCUT2D eigenvalue weighted by atomic mass is 16.1. The van der Waals surface area contributed by atoms with Gasteiger partial charge in [0.2, 0.25) is 0 Å². The van der Waals surface area contributed by atoms with Crippen molar-refractivity contribution < 1.29 is 9.59 Å². The van der Waals surface area contributed by atoms with Crippen molar-refractivity contribution in [1.82, 2.24) is 0 Å². The van der Waals surface area contributed by atoms with E-state index in [4.69, 9.17) is 0 Å². The number of Topliss-reactive ketones (excluding diaryl/α,β-unsaturated/α-hetero) is 1. The Bertz CT molecular complexity index is 326. The normalized spacial score (nSPS) is 26.7. The highest BCUT2D eigenvalue weighted by Crippen LogP contribution is 2.59. The maximum atomic E-state index is 10.8. The van der Waals surface area contributed by atoms with Crippen LogP contribution in [0.4, 0.5) is 0 Å². The summed E-state index contributed by atoms with van der Waals surface area (Å²) in [6.07, 6.45) is 6.91. The van der Waals surface area contributed by atoms with Crippen molar-refractivity contribution in [3.8, 4) is 0 Å². The Balaban J connectivity index is 2.27. The highest BCUT2D eigenvalue weighted by Gasteiger charge is 2.56. The topological polar surface area (TPSA) is 34.1 Å². The minimum Gasteiger partial charge on any atom is -0.303 e. The second-order valence-corrected chi connectivity index (χ2v) is 5.92. The number of hydrogen-bond acceptors (Lipinski definition) is 2. The molecule has 17 heavy (non-hydrogen) atoms. The van der Waals surface area contributed by atoms with Gasteiger partial charge in [0.1, 0.15) is 12.1 Å². The van der Waals surface area contributed by atoms with Crippen molar-refractivity contribution in [3.63, 3.8) is 0 Å². The summed E-state index contributed by atoms with van der Waals surface area (Å²) in [7, 11) is 0. The van der Waals surface area contributed by atoms with E-state index < -0.39 is 0 Å². The first-order chi connectivity index (χ1) is 7.89. The fraction of sp³-hybridized carbons (Fsp3) is 0.733.